The van der Waals surface area contributed by atoms with Crippen molar-refractivity contribution in [3.8, 4) is 0 Å². The molecule has 1 aliphatic rings. The molecular weight excluding hydrogens is 282 g/mol. The molecule has 1 aliphatic heterocycles. The van der Waals surface area contributed by atoms with Crippen molar-refractivity contribution in [1.29, 1.82) is 0 Å². The zero-order valence-corrected chi connectivity index (χ0v) is 12.2. The summed E-state index contributed by atoms with van der Waals surface area (Å²) in [6, 6.07) is 7.67. The van der Waals surface area contributed by atoms with Crippen molar-refractivity contribution in [2.45, 2.75) is 17.3 Å². The summed E-state index contributed by atoms with van der Waals surface area (Å²) in [6.07, 6.45) is 0. The van der Waals surface area contributed by atoms with Gasteiger partial charge in [-0.25, -0.2) is 13.4 Å². The molecule has 0 saturated carbocycles. The Morgan fingerprint density at radius 2 is 2.21 bits per heavy atom. The quantitative estimate of drug-likeness (QED) is 0.907. The van der Waals surface area contributed by atoms with Crippen molar-refractivity contribution in [2.75, 3.05) is 19.6 Å². The maximum Gasteiger partial charge on any atom is 0.270 e. The van der Waals surface area contributed by atoms with E-state index in [1.807, 2.05) is 31.2 Å². The van der Waals surface area contributed by atoms with Crippen molar-refractivity contribution >= 4 is 31.6 Å². The summed E-state index contributed by atoms with van der Waals surface area (Å²) in [6.45, 7) is 3.67. The lowest BCUT2D eigenvalue weighted by Gasteiger charge is -2.30. The number of para-hydroxylation sites is 1. The smallest absolute Gasteiger partial charge is 0.270 e. The van der Waals surface area contributed by atoms with Gasteiger partial charge in [0, 0.05) is 25.7 Å². The Bertz CT molecular complexity index is 663. The predicted octanol–water partition coefficient (Wildman–Crippen LogP) is 1.28. The topological polar surface area (TPSA) is 62.3 Å². The number of hydrogen-bond donors (Lipinski definition) is 1. The minimum Gasteiger partial charge on any atom is -0.312 e. The molecule has 19 heavy (non-hydrogen) atoms. The molecule has 1 N–H and O–H groups in total. The number of sulfonamides is 1. The van der Waals surface area contributed by atoms with Gasteiger partial charge in [0.25, 0.3) is 10.0 Å². The third-order valence-electron chi connectivity index (χ3n) is 3.17. The van der Waals surface area contributed by atoms with Crippen LogP contribution in [0.15, 0.2) is 28.6 Å². The number of aromatic nitrogens is 1. The van der Waals surface area contributed by atoms with Gasteiger partial charge in [0.15, 0.2) is 0 Å². The molecule has 1 aromatic carbocycles. The molecule has 102 valence electrons. The highest BCUT2D eigenvalue weighted by Gasteiger charge is 2.31. The maximum absolute atomic E-state index is 12.5. The van der Waals surface area contributed by atoms with Gasteiger partial charge in [-0.3, -0.25) is 0 Å². The fourth-order valence-corrected chi connectivity index (χ4v) is 5.08. The SMILES string of the molecule is CC1CN(S(=O)(=O)c2nc3ccccc3s2)CCN1. The molecule has 7 heteroatoms. The first-order chi connectivity index (χ1) is 9.07. The van der Waals surface area contributed by atoms with E-state index in [0.717, 1.165) is 10.2 Å². The predicted molar refractivity (Wildman–Crippen MR) is 75.8 cm³/mol. The second-order valence-corrected chi connectivity index (χ2v) is 7.81. The highest BCUT2D eigenvalue weighted by atomic mass is 32.2. The molecule has 0 aliphatic carbocycles. The minimum atomic E-state index is -3.46. The number of rotatable bonds is 2. The molecule has 0 amide bonds. The molecule has 3 rings (SSSR count). The molecule has 0 radical (unpaired) electrons. The van der Waals surface area contributed by atoms with E-state index in [1.165, 1.54) is 15.6 Å². The summed E-state index contributed by atoms with van der Waals surface area (Å²) in [4.78, 5) is 4.25. The van der Waals surface area contributed by atoms with Crippen LogP contribution in [0.3, 0.4) is 0 Å². The van der Waals surface area contributed by atoms with E-state index in [0.29, 0.717) is 19.6 Å². The van der Waals surface area contributed by atoms with Crippen molar-refractivity contribution < 1.29 is 8.42 Å². The van der Waals surface area contributed by atoms with Crippen LogP contribution >= 0.6 is 11.3 Å². The van der Waals surface area contributed by atoms with Gasteiger partial charge in [-0.05, 0) is 19.1 Å². The Balaban J connectivity index is 1.99. The molecule has 2 aromatic rings. The Hall–Kier alpha value is -1.02. The highest BCUT2D eigenvalue weighted by molar-refractivity contribution is 7.91. The average molecular weight is 297 g/mol. The first-order valence-corrected chi connectivity index (χ1v) is 8.42. The van der Waals surface area contributed by atoms with Gasteiger partial charge < -0.3 is 5.32 Å². The van der Waals surface area contributed by atoms with Gasteiger partial charge in [-0.15, -0.1) is 11.3 Å². The van der Waals surface area contributed by atoms with E-state index in [2.05, 4.69) is 10.3 Å². The molecule has 1 aromatic heterocycles. The van der Waals surface area contributed by atoms with Crippen molar-refractivity contribution in [3.63, 3.8) is 0 Å². The first kappa shape index (κ1) is 13.0. The highest BCUT2D eigenvalue weighted by Crippen LogP contribution is 2.27. The zero-order chi connectivity index (χ0) is 13.5. The monoisotopic (exact) mass is 297 g/mol. The lowest BCUT2D eigenvalue weighted by Crippen LogP contribution is -2.51. The van der Waals surface area contributed by atoms with Gasteiger partial charge in [-0.1, -0.05) is 12.1 Å². The number of nitrogens with zero attached hydrogens (tertiary/aromatic N) is 2. The summed E-state index contributed by atoms with van der Waals surface area (Å²) < 4.78 is 27.7. The van der Waals surface area contributed by atoms with Crippen LogP contribution in [0.5, 0.6) is 0 Å². The van der Waals surface area contributed by atoms with Gasteiger partial charge in [-0.2, -0.15) is 4.31 Å². The third kappa shape index (κ3) is 2.38. The second-order valence-electron chi connectivity index (χ2n) is 4.67. The molecule has 2 heterocycles. The third-order valence-corrected chi connectivity index (χ3v) is 6.42. The first-order valence-electron chi connectivity index (χ1n) is 6.16. The molecular formula is C12H15N3O2S2. The van der Waals surface area contributed by atoms with Crippen molar-refractivity contribution in [3.05, 3.63) is 24.3 Å². The fraction of sp³-hybridized carbons (Fsp3) is 0.417. The van der Waals surface area contributed by atoms with Gasteiger partial charge >= 0.3 is 0 Å². The van der Waals surface area contributed by atoms with Crippen LogP contribution in [-0.2, 0) is 10.0 Å². The molecule has 5 nitrogen and oxygen atoms in total. The van der Waals surface area contributed by atoms with Crippen LogP contribution in [0, 0.1) is 0 Å². The van der Waals surface area contributed by atoms with Gasteiger partial charge in [0.05, 0.1) is 10.2 Å². The summed E-state index contributed by atoms with van der Waals surface area (Å²) in [7, 11) is -3.46. The van der Waals surface area contributed by atoms with Crippen molar-refractivity contribution in [1.82, 2.24) is 14.6 Å². The van der Waals surface area contributed by atoms with E-state index in [9.17, 15) is 8.42 Å². The molecule has 1 fully saturated rings. The second kappa shape index (κ2) is 4.82. The van der Waals surface area contributed by atoms with E-state index < -0.39 is 10.0 Å². The Labute approximate surface area is 116 Å². The van der Waals surface area contributed by atoms with Crippen LogP contribution in [0.1, 0.15) is 6.92 Å². The summed E-state index contributed by atoms with van der Waals surface area (Å²) >= 11 is 1.24. The van der Waals surface area contributed by atoms with E-state index in [4.69, 9.17) is 0 Å². The van der Waals surface area contributed by atoms with Crippen LogP contribution in [0.2, 0.25) is 0 Å². The largest absolute Gasteiger partial charge is 0.312 e. The van der Waals surface area contributed by atoms with Gasteiger partial charge in [0.1, 0.15) is 0 Å². The lowest BCUT2D eigenvalue weighted by molar-refractivity contribution is 0.310. The van der Waals surface area contributed by atoms with Crippen LogP contribution in [0.4, 0.5) is 0 Å². The molecule has 0 bridgehead atoms. The standard InChI is InChI=1S/C12H15N3O2S2/c1-9-8-15(7-6-13-9)19(16,17)12-14-10-4-2-3-5-11(10)18-12/h2-5,9,13H,6-8H2,1H3. The molecule has 1 unspecified atom stereocenters. The van der Waals surface area contributed by atoms with Crippen molar-refractivity contribution in [2.24, 2.45) is 0 Å². The van der Waals surface area contributed by atoms with Gasteiger partial charge in [0.2, 0.25) is 4.34 Å². The average Bonchev–Trinajstić information content (AvgIpc) is 2.83. The molecule has 0 spiro atoms. The molecule has 1 atom stereocenters. The number of piperazine rings is 1. The van der Waals surface area contributed by atoms with Crippen LogP contribution in [0.25, 0.3) is 10.2 Å². The van der Waals surface area contributed by atoms with E-state index in [1.54, 1.807) is 0 Å². The number of nitrogens with one attached hydrogen (secondary N) is 1. The lowest BCUT2D eigenvalue weighted by atomic mass is 10.3. The Morgan fingerprint density at radius 1 is 1.42 bits per heavy atom. The normalized spacial score (nSPS) is 21.8. The van der Waals surface area contributed by atoms with Crippen LogP contribution < -0.4 is 5.32 Å². The zero-order valence-electron chi connectivity index (χ0n) is 10.5. The van der Waals surface area contributed by atoms with E-state index >= 15 is 0 Å². The minimum absolute atomic E-state index is 0.179. The summed E-state index contributed by atoms with van der Waals surface area (Å²) in [5.41, 5.74) is 0.745. The summed E-state index contributed by atoms with van der Waals surface area (Å²) in [5.74, 6) is 0. The number of hydrogen-bond acceptors (Lipinski definition) is 5. The Morgan fingerprint density at radius 3 is 2.95 bits per heavy atom. The fourth-order valence-electron chi connectivity index (χ4n) is 2.19. The molecule has 1 saturated heterocycles. The summed E-state index contributed by atoms with van der Waals surface area (Å²) in [5, 5.41) is 3.24. The van der Waals surface area contributed by atoms with E-state index in [-0.39, 0.29) is 10.4 Å². The number of benzene rings is 1. The van der Waals surface area contributed by atoms with Crippen LogP contribution in [-0.4, -0.2) is 43.4 Å². The number of thiazole rings is 1. The maximum atomic E-state index is 12.5. The number of fused-ring (bicyclic) bond motifs is 1. The Kier molecular flexibility index (Phi) is 3.30.